The first-order valence-corrected chi connectivity index (χ1v) is 7.45. The molecule has 3 rings (SSSR count). The Balaban J connectivity index is 1.81. The number of nitrogens with zero attached hydrogens (tertiary/aromatic N) is 1. The van der Waals surface area contributed by atoms with Crippen molar-refractivity contribution in [1.29, 1.82) is 0 Å². The number of rotatable bonds is 3. The standard InChI is InChI=1S/C14H22N2O3/c15-8-10(9-4-2-1-3-5-9)16-13(17)11-6-7-12(19-11)14(16)18/h9-12H,1-8,15H2. The van der Waals surface area contributed by atoms with Crippen LogP contribution in [-0.2, 0) is 14.3 Å². The third kappa shape index (κ3) is 2.19. The van der Waals surface area contributed by atoms with Crippen molar-refractivity contribution in [1.82, 2.24) is 4.90 Å². The number of carbonyl (C=O) groups excluding carboxylic acids is 2. The minimum Gasteiger partial charge on any atom is -0.355 e. The molecule has 2 heterocycles. The van der Waals surface area contributed by atoms with Crippen LogP contribution in [0.25, 0.3) is 0 Å². The van der Waals surface area contributed by atoms with Crippen LogP contribution in [0.15, 0.2) is 0 Å². The smallest absolute Gasteiger partial charge is 0.258 e. The summed E-state index contributed by atoms with van der Waals surface area (Å²) in [5, 5.41) is 0. The van der Waals surface area contributed by atoms with E-state index in [-0.39, 0.29) is 17.9 Å². The van der Waals surface area contributed by atoms with Gasteiger partial charge in [-0.1, -0.05) is 19.3 Å². The van der Waals surface area contributed by atoms with E-state index in [1.54, 1.807) is 0 Å². The lowest BCUT2D eigenvalue weighted by atomic mass is 9.83. The molecule has 3 fully saturated rings. The van der Waals surface area contributed by atoms with Gasteiger partial charge in [0, 0.05) is 6.54 Å². The van der Waals surface area contributed by atoms with Crippen LogP contribution in [0.5, 0.6) is 0 Å². The molecule has 2 amide bonds. The predicted octanol–water partition coefficient (Wildman–Crippen LogP) is 0.810. The minimum atomic E-state index is -0.402. The lowest BCUT2D eigenvalue weighted by Crippen LogP contribution is -2.59. The average Bonchev–Trinajstić information content (AvgIpc) is 2.89. The Morgan fingerprint density at radius 2 is 1.63 bits per heavy atom. The third-order valence-corrected chi connectivity index (χ3v) is 4.81. The van der Waals surface area contributed by atoms with Crippen LogP contribution in [0.1, 0.15) is 44.9 Å². The number of morpholine rings is 1. The molecule has 0 aromatic rings. The first kappa shape index (κ1) is 13.1. The largest absolute Gasteiger partial charge is 0.355 e. The fourth-order valence-electron chi connectivity index (χ4n) is 3.77. The van der Waals surface area contributed by atoms with Gasteiger partial charge in [-0.25, -0.2) is 0 Å². The highest BCUT2D eigenvalue weighted by Crippen LogP contribution is 2.34. The topological polar surface area (TPSA) is 72.6 Å². The zero-order valence-electron chi connectivity index (χ0n) is 11.2. The summed E-state index contributed by atoms with van der Waals surface area (Å²) in [4.78, 5) is 26.2. The quantitative estimate of drug-likeness (QED) is 0.767. The molecule has 0 aromatic carbocycles. The van der Waals surface area contributed by atoms with E-state index in [1.165, 1.54) is 24.2 Å². The molecule has 1 saturated carbocycles. The Kier molecular flexibility index (Phi) is 3.58. The zero-order valence-corrected chi connectivity index (χ0v) is 11.2. The summed E-state index contributed by atoms with van der Waals surface area (Å²) in [7, 11) is 0. The lowest BCUT2D eigenvalue weighted by Gasteiger charge is -2.40. The molecule has 3 unspecified atom stereocenters. The van der Waals surface area contributed by atoms with Crippen LogP contribution in [0, 0.1) is 5.92 Å². The number of nitrogens with two attached hydrogens (primary N) is 1. The van der Waals surface area contributed by atoms with Crippen LogP contribution in [0.3, 0.4) is 0 Å². The molecule has 2 saturated heterocycles. The first-order valence-electron chi connectivity index (χ1n) is 7.45. The predicted molar refractivity (Wildman–Crippen MR) is 69.2 cm³/mol. The first-order chi connectivity index (χ1) is 9.22. The van der Waals surface area contributed by atoms with Crippen molar-refractivity contribution in [3.8, 4) is 0 Å². The molecular weight excluding hydrogens is 244 g/mol. The van der Waals surface area contributed by atoms with Crippen molar-refractivity contribution in [3.63, 3.8) is 0 Å². The normalized spacial score (nSPS) is 33.8. The van der Waals surface area contributed by atoms with Gasteiger partial charge >= 0.3 is 0 Å². The Bertz CT molecular complexity index is 357. The highest BCUT2D eigenvalue weighted by Gasteiger charge is 2.49. The number of likely N-dealkylation sites (tertiary alicyclic amines) is 1. The van der Waals surface area contributed by atoms with Gasteiger partial charge < -0.3 is 10.5 Å². The van der Waals surface area contributed by atoms with E-state index in [9.17, 15) is 9.59 Å². The van der Waals surface area contributed by atoms with Crippen LogP contribution in [0.2, 0.25) is 0 Å². The Morgan fingerprint density at radius 3 is 2.16 bits per heavy atom. The second kappa shape index (κ2) is 5.21. The van der Waals surface area contributed by atoms with Gasteiger partial charge in [0.15, 0.2) is 0 Å². The van der Waals surface area contributed by atoms with Gasteiger partial charge in [-0.05, 0) is 31.6 Å². The summed E-state index contributed by atoms with van der Waals surface area (Å²) >= 11 is 0. The van der Waals surface area contributed by atoms with E-state index in [2.05, 4.69) is 0 Å². The van der Waals surface area contributed by atoms with Crippen molar-refractivity contribution >= 4 is 11.8 Å². The monoisotopic (exact) mass is 266 g/mol. The van der Waals surface area contributed by atoms with Gasteiger partial charge in [-0.3, -0.25) is 14.5 Å². The second-order valence-corrected chi connectivity index (χ2v) is 5.94. The molecule has 2 N–H and O–H groups in total. The summed E-state index contributed by atoms with van der Waals surface area (Å²) in [5.74, 6) is 0.0729. The second-order valence-electron chi connectivity index (χ2n) is 5.94. The van der Waals surface area contributed by atoms with Crippen LogP contribution >= 0.6 is 0 Å². The highest BCUT2D eigenvalue weighted by atomic mass is 16.5. The maximum Gasteiger partial charge on any atom is 0.258 e. The molecule has 0 spiro atoms. The van der Waals surface area contributed by atoms with Gasteiger partial charge in [0.25, 0.3) is 11.8 Å². The third-order valence-electron chi connectivity index (χ3n) is 4.81. The van der Waals surface area contributed by atoms with Gasteiger partial charge in [0.2, 0.25) is 0 Å². The summed E-state index contributed by atoms with van der Waals surface area (Å²) in [6.45, 7) is 0.377. The van der Waals surface area contributed by atoms with E-state index < -0.39 is 12.2 Å². The maximum absolute atomic E-state index is 12.4. The number of carbonyl (C=O) groups is 2. The van der Waals surface area contributed by atoms with Crippen LogP contribution in [-0.4, -0.2) is 41.5 Å². The molecule has 0 radical (unpaired) electrons. The SMILES string of the molecule is NCC(C1CCCCC1)N1C(=O)C2CCC(O2)C1=O. The lowest BCUT2D eigenvalue weighted by molar-refractivity contribution is -0.173. The van der Waals surface area contributed by atoms with E-state index in [0.29, 0.717) is 25.3 Å². The summed E-state index contributed by atoms with van der Waals surface area (Å²) < 4.78 is 5.45. The Morgan fingerprint density at radius 1 is 1.05 bits per heavy atom. The van der Waals surface area contributed by atoms with Crippen molar-refractivity contribution in [2.45, 2.75) is 63.2 Å². The highest BCUT2D eigenvalue weighted by molar-refractivity contribution is 6.02. The summed E-state index contributed by atoms with van der Waals surface area (Å²) in [6.07, 6.45) is 6.32. The summed E-state index contributed by atoms with van der Waals surface area (Å²) in [5.41, 5.74) is 5.88. The fourth-order valence-corrected chi connectivity index (χ4v) is 3.77. The van der Waals surface area contributed by atoms with Crippen molar-refractivity contribution < 1.29 is 14.3 Å². The Hall–Kier alpha value is -0.940. The molecule has 106 valence electrons. The molecule has 2 aliphatic heterocycles. The van der Waals surface area contributed by atoms with Crippen molar-refractivity contribution in [2.75, 3.05) is 6.54 Å². The van der Waals surface area contributed by atoms with E-state index in [0.717, 1.165) is 12.8 Å². The number of imide groups is 1. The molecular formula is C14H22N2O3. The van der Waals surface area contributed by atoms with Crippen LogP contribution in [0.4, 0.5) is 0 Å². The van der Waals surface area contributed by atoms with Gasteiger partial charge in [-0.15, -0.1) is 0 Å². The number of hydrogen-bond acceptors (Lipinski definition) is 4. The zero-order chi connectivity index (χ0) is 13.4. The van der Waals surface area contributed by atoms with Crippen LogP contribution < -0.4 is 5.73 Å². The molecule has 2 bridgehead atoms. The number of fused-ring (bicyclic) bond motifs is 2. The van der Waals surface area contributed by atoms with Gasteiger partial charge in [-0.2, -0.15) is 0 Å². The molecule has 3 aliphatic rings. The van der Waals surface area contributed by atoms with E-state index >= 15 is 0 Å². The molecule has 5 heteroatoms. The molecule has 3 atom stereocenters. The molecule has 1 aliphatic carbocycles. The molecule has 0 aromatic heterocycles. The number of hydrogen-bond donors (Lipinski definition) is 1. The summed E-state index contributed by atoms with van der Waals surface area (Å²) in [6, 6.07) is -0.118. The maximum atomic E-state index is 12.4. The van der Waals surface area contributed by atoms with Crippen molar-refractivity contribution in [2.24, 2.45) is 11.7 Å². The van der Waals surface area contributed by atoms with Gasteiger partial charge in [0.1, 0.15) is 12.2 Å². The van der Waals surface area contributed by atoms with Crippen molar-refractivity contribution in [3.05, 3.63) is 0 Å². The molecule has 5 nitrogen and oxygen atoms in total. The fraction of sp³-hybridized carbons (Fsp3) is 0.857. The minimum absolute atomic E-state index is 0.118. The number of ether oxygens (including phenoxy) is 1. The van der Waals surface area contributed by atoms with E-state index in [4.69, 9.17) is 10.5 Å². The number of amides is 2. The van der Waals surface area contributed by atoms with E-state index in [1.807, 2.05) is 0 Å². The average molecular weight is 266 g/mol. The van der Waals surface area contributed by atoms with Gasteiger partial charge in [0.05, 0.1) is 6.04 Å². The Labute approximate surface area is 113 Å². The molecule has 19 heavy (non-hydrogen) atoms.